The van der Waals surface area contributed by atoms with Crippen molar-refractivity contribution in [2.45, 2.75) is 69.1 Å². The van der Waals surface area contributed by atoms with Crippen LogP contribution in [-0.4, -0.2) is 121 Å². The van der Waals surface area contributed by atoms with Crippen molar-refractivity contribution in [3.63, 3.8) is 0 Å². The van der Waals surface area contributed by atoms with E-state index in [1.54, 1.807) is 30.3 Å². The van der Waals surface area contributed by atoms with Crippen LogP contribution in [0.3, 0.4) is 0 Å². The number of hydrogen-bond donors (Lipinski definition) is 3. The molecule has 74 heavy (non-hydrogen) atoms. The van der Waals surface area contributed by atoms with Crippen molar-refractivity contribution in [3.8, 4) is 0 Å². The van der Waals surface area contributed by atoms with Gasteiger partial charge in [0.05, 0.1) is 28.9 Å². The van der Waals surface area contributed by atoms with E-state index in [2.05, 4.69) is 10.6 Å². The molecular weight excluding hydrogens is 981 g/mol. The van der Waals surface area contributed by atoms with E-state index < -0.39 is 150 Å². The SMILES string of the molecule is CC(=O)N[C@H](C)C(=O)N(C)[C@@H](CO[C@@H]1O[C@H](COC(=O)c2cccc(F)c2)[C@@H](OC(=O)c2cccc(F)c2)[C@H](OC(=O)c2cccc(F)c2)[C@H]1OC(=O)c1cccc(F)c1)C(=O)N[C@@H](Cc1ccccc1)C(N)=O. The molecule has 8 atom stereocenters. The van der Waals surface area contributed by atoms with Crippen molar-refractivity contribution < 1.29 is 84.3 Å². The van der Waals surface area contributed by atoms with Gasteiger partial charge in [-0.2, -0.15) is 0 Å². The number of hydrogen-bond acceptors (Lipinski definition) is 14. The fourth-order valence-corrected chi connectivity index (χ4v) is 7.54. The van der Waals surface area contributed by atoms with E-state index in [1.165, 1.54) is 19.1 Å². The largest absolute Gasteiger partial charge is 0.459 e. The Morgan fingerprint density at radius 3 is 1.54 bits per heavy atom. The second-order valence-electron chi connectivity index (χ2n) is 16.7. The normalized spacial score (nSPS) is 18.3. The van der Waals surface area contributed by atoms with E-state index in [4.69, 9.17) is 34.2 Å². The number of nitrogens with zero attached hydrogens (tertiary/aromatic N) is 1. The summed E-state index contributed by atoms with van der Waals surface area (Å²) in [6, 6.07) is 20.4. The van der Waals surface area contributed by atoms with Gasteiger partial charge in [0.25, 0.3) is 0 Å². The van der Waals surface area contributed by atoms with Gasteiger partial charge in [-0.3, -0.25) is 19.2 Å². The molecule has 0 saturated carbocycles. The van der Waals surface area contributed by atoms with E-state index in [0.29, 0.717) is 5.56 Å². The average molecular weight is 1030 g/mol. The van der Waals surface area contributed by atoms with E-state index >= 15 is 0 Å². The number of ether oxygens (including phenoxy) is 6. The van der Waals surface area contributed by atoms with Gasteiger partial charge >= 0.3 is 23.9 Å². The molecule has 1 saturated heterocycles. The van der Waals surface area contributed by atoms with Gasteiger partial charge in [-0.05, 0) is 85.3 Å². The van der Waals surface area contributed by atoms with Gasteiger partial charge in [-0.15, -0.1) is 0 Å². The molecular formula is C52H48F4N4O14. The van der Waals surface area contributed by atoms with Gasteiger partial charge in [0.1, 0.15) is 54.1 Å². The van der Waals surface area contributed by atoms with Crippen molar-refractivity contribution in [1.82, 2.24) is 15.5 Å². The summed E-state index contributed by atoms with van der Waals surface area (Å²) < 4.78 is 93.5. The zero-order valence-corrected chi connectivity index (χ0v) is 39.6. The third-order valence-corrected chi connectivity index (χ3v) is 11.2. The molecule has 1 aliphatic rings. The minimum atomic E-state index is -2.19. The van der Waals surface area contributed by atoms with Gasteiger partial charge in [0.15, 0.2) is 24.6 Å². The van der Waals surface area contributed by atoms with Crippen molar-refractivity contribution >= 4 is 47.5 Å². The zero-order valence-electron chi connectivity index (χ0n) is 39.6. The lowest BCUT2D eigenvalue weighted by Gasteiger charge is -2.44. The maximum absolute atomic E-state index is 14.6. The first-order valence-corrected chi connectivity index (χ1v) is 22.5. The number of rotatable bonds is 20. The summed E-state index contributed by atoms with van der Waals surface area (Å²) >= 11 is 0. The Balaban J connectivity index is 1.47. The van der Waals surface area contributed by atoms with E-state index in [-0.39, 0.29) is 12.0 Å². The van der Waals surface area contributed by atoms with Crippen molar-refractivity contribution in [2.24, 2.45) is 5.73 Å². The molecule has 1 aliphatic heterocycles. The highest BCUT2D eigenvalue weighted by atomic mass is 19.1. The van der Waals surface area contributed by atoms with Crippen LogP contribution < -0.4 is 16.4 Å². The molecule has 0 unspecified atom stereocenters. The molecule has 0 bridgehead atoms. The van der Waals surface area contributed by atoms with Gasteiger partial charge in [-0.25, -0.2) is 36.7 Å². The Kier molecular flexibility index (Phi) is 18.7. The molecule has 0 spiro atoms. The lowest BCUT2D eigenvalue weighted by molar-refractivity contribution is -0.300. The predicted molar refractivity (Wildman–Crippen MR) is 249 cm³/mol. The number of nitrogens with one attached hydrogen (secondary N) is 2. The first-order chi connectivity index (χ1) is 35.3. The van der Waals surface area contributed by atoms with Crippen LogP contribution in [0.2, 0.25) is 0 Å². The lowest BCUT2D eigenvalue weighted by Crippen LogP contribution is -2.64. The molecule has 6 rings (SSSR count). The Hall–Kier alpha value is -8.50. The number of halogens is 4. The van der Waals surface area contributed by atoms with Gasteiger partial charge in [0.2, 0.25) is 23.6 Å². The average Bonchev–Trinajstić information content (AvgIpc) is 3.36. The van der Waals surface area contributed by atoms with Crippen LogP contribution in [0.1, 0.15) is 60.8 Å². The number of likely N-dealkylation sites (N-methyl/N-ethyl adjacent to an activating group) is 1. The second kappa shape index (κ2) is 25.2. The van der Waals surface area contributed by atoms with Crippen LogP contribution in [0.4, 0.5) is 17.6 Å². The van der Waals surface area contributed by atoms with Gasteiger partial charge in [-0.1, -0.05) is 54.6 Å². The van der Waals surface area contributed by atoms with Crippen LogP contribution >= 0.6 is 0 Å². The number of nitrogens with two attached hydrogens (primary N) is 1. The Bertz CT molecular complexity index is 2880. The third kappa shape index (κ3) is 14.8. The number of carbonyl (C=O) groups excluding carboxylic acids is 8. The Morgan fingerprint density at radius 1 is 0.622 bits per heavy atom. The maximum Gasteiger partial charge on any atom is 0.338 e. The predicted octanol–water partition coefficient (Wildman–Crippen LogP) is 4.38. The molecule has 0 aliphatic carbocycles. The lowest BCUT2D eigenvalue weighted by atomic mass is 9.97. The summed E-state index contributed by atoms with van der Waals surface area (Å²) in [5.74, 6) is -12.3. The quantitative estimate of drug-likeness (QED) is 0.0557. The number of primary amides is 1. The molecule has 4 amide bonds. The van der Waals surface area contributed by atoms with Gasteiger partial charge in [0, 0.05) is 20.4 Å². The molecule has 388 valence electrons. The summed E-state index contributed by atoms with van der Waals surface area (Å²) in [6.45, 7) is 0.480. The number of carbonyl (C=O) groups is 8. The fourth-order valence-electron chi connectivity index (χ4n) is 7.54. The first-order valence-electron chi connectivity index (χ1n) is 22.5. The number of esters is 4. The molecule has 1 heterocycles. The maximum atomic E-state index is 14.6. The summed E-state index contributed by atoms with van der Waals surface area (Å²) in [6.07, 6.45) is -10.6. The number of amides is 4. The van der Waals surface area contributed by atoms with Crippen LogP contribution in [-0.2, 0) is 54.0 Å². The van der Waals surface area contributed by atoms with Crippen LogP contribution in [0.5, 0.6) is 0 Å². The fraction of sp³-hybridized carbons (Fsp3) is 0.269. The molecule has 5 aromatic carbocycles. The van der Waals surface area contributed by atoms with Crippen molar-refractivity contribution in [2.75, 3.05) is 20.3 Å². The minimum absolute atomic E-state index is 0.122. The summed E-state index contributed by atoms with van der Waals surface area (Å²) in [7, 11) is 1.15. The van der Waals surface area contributed by atoms with Crippen molar-refractivity contribution in [1.29, 1.82) is 0 Å². The summed E-state index contributed by atoms with van der Waals surface area (Å²) in [4.78, 5) is 109. The smallest absolute Gasteiger partial charge is 0.338 e. The highest BCUT2D eigenvalue weighted by Crippen LogP contribution is 2.32. The molecule has 18 nitrogen and oxygen atoms in total. The highest BCUT2D eigenvalue weighted by Gasteiger charge is 2.54. The summed E-state index contributed by atoms with van der Waals surface area (Å²) in [5, 5.41) is 4.90. The van der Waals surface area contributed by atoms with Crippen LogP contribution in [0.25, 0.3) is 0 Å². The Labute approximate surface area is 420 Å². The molecule has 22 heteroatoms. The Morgan fingerprint density at radius 2 is 1.08 bits per heavy atom. The van der Waals surface area contributed by atoms with E-state index in [9.17, 15) is 55.9 Å². The first kappa shape index (κ1) is 54.8. The van der Waals surface area contributed by atoms with Crippen molar-refractivity contribution in [3.05, 3.63) is 178 Å². The van der Waals surface area contributed by atoms with E-state index in [0.717, 1.165) is 104 Å². The van der Waals surface area contributed by atoms with Gasteiger partial charge < -0.3 is 49.7 Å². The molecule has 0 radical (unpaired) electrons. The minimum Gasteiger partial charge on any atom is -0.459 e. The molecule has 5 aromatic rings. The molecule has 0 aromatic heterocycles. The highest BCUT2D eigenvalue weighted by molar-refractivity contribution is 5.94. The zero-order chi connectivity index (χ0) is 53.6. The standard InChI is InChI=1S/C52H48F4N4O14/c1-28(58-29(2)61)47(64)60(3)40(46(63)59-39(45(57)62)21-30-11-5-4-6-12-30)26-70-52-44(74-51(68)34-16-10-20-38(56)25-34)43(73-50(67)33-15-9-19-37(55)24-33)42(72-49(66)32-14-8-18-36(54)23-32)41(71-52)27-69-48(65)31-13-7-17-35(53)22-31/h4-20,22-25,28,39-44,52H,21,26-27H2,1-3H3,(H2,57,62)(H,58,61)(H,59,63)/t28-,39+,40+,41-,42-,43+,44-,52-/m1/s1. The second-order valence-corrected chi connectivity index (χ2v) is 16.7. The van der Waals surface area contributed by atoms with Crippen LogP contribution in [0.15, 0.2) is 127 Å². The number of benzene rings is 5. The molecule has 1 fully saturated rings. The monoisotopic (exact) mass is 1030 g/mol. The third-order valence-electron chi connectivity index (χ3n) is 11.2. The van der Waals surface area contributed by atoms with E-state index in [1.807, 2.05) is 0 Å². The van der Waals surface area contributed by atoms with Crippen LogP contribution in [0, 0.1) is 23.3 Å². The topological polar surface area (TPSA) is 245 Å². The summed E-state index contributed by atoms with van der Waals surface area (Å²) in [5.41, 5.74) is 4.67. The molecule has 4 N–H and O–H groups in total.